The van der Waals surface area contributed by atoms with E-state index in [-0.39, 0.29) is 0 Å². The number of carbonyl (C=O) groups excluding carboxylic acids is 1. The van der Waals surface area contributed by atoms with Crippen LogP contribution in [-0.4, -0.2) is 40.8 Å². The van der Waals surface area contributed by atoms with Crippen molar-refractivity contribution >= 4 is 28.0 Å². The van der Waals surface area contributed by atoms with Gasteiger partial charge in [0, 0.05) is 16.9 Å². The summed E-state index contributed by atoms with van der Waals surface area (Å²) in [6.07, 6.45) is -0.658. The maximum Gasteiger partial charge on any atom is 0.410 e. The Morgan fingerprint density at radius 1 is 1.21 bits per heavy atom. The van der Waals surface area contributed by atoms with Crippen LogP contribution in [0, 0.1) is 6.92 Å². The average molecular weight is 400 g/mol. The number of benzene rings is 1. The van der Waals surface area contributed by atoms with Gasteiger partial charge >= 0.3 is 12.1 Å². The summed E-state index contributed by atoms with van der Waals surface area (Å²) < 4.78 is 6.22. The lowest BCUT2D eigenvalue weighted by atomic mass is 9.77. The number of likely N-dealkylation sites (N-methyl/N-ethyl adjacent to an activating group) is 1. The third-order valence-corrected chi connectivity index (χ3v) is 4.76. The fraction of sp³-hybridized carbons (Fsp3) is 0.556. The number of carboxylic acid groups (broad SMARTS) is 1. The number of carboxylic acids is 1. The number of rotatable bonds is 4. The summed E-state index contributed by atoms with van der Waals surface area (Å²) in [7, 11) is 1.46. The quantitative estimate of drug-likeness (QED) is 0.816. The summed E-state index contributed by atoms with van der Waals surface area (Å²) in [6, 6.07) is 4.64. The first-order valence-electron chi connectivity index (χ1n) is 7.72. The average Bonchev–Trinajstić information content (AvgIpc) is 2.39. The van der Waals surface area contributed by atoms with Crippen LogP contribution < -0.4 is 0 Å². The minimum Gasteiger partial charge on any atom is -0.480 e. The number of carbonyl (C=O) groups is 2. The molecule has 0 aliphatic rings. The van der Waals surface area contributed by atoms with Crippen LogP contribution in [-0.2, 0) is 14.9 Å². The van der Waals surface area contributed by atoms with Crippen molar-refractivity contribution in [3.63, 3.8) is 0 Å². The number of ether oxygens (including phenoxy) is 1. The molecule has 1 N–H and O–H groups in total. The standard InChI is InChI=1S/C18H26BrNO4/c1-11-8-9-12(10-13(11)19)18(5,6)14(15(21)22)20(7)16(23)24-17(2,3)4/h8-10,14H,1-7H3,(H,21,22). The molecule has 0 aliphatic heterocycles. The zero-order chi connectivity index (χ0) is 18.9. The molecule has 1 amide bonds. The van der Waals surface area contributed by atoms with E-state index in [1.165, 1.54) is 7.05 Å². The van der Waals surface area contributed by atoms with Crippen molar-refractivity contribution < 1.29 is 19.4 Å². The van der Waals surface area contributed by atoms with Crippen molar-refractivity contribution in [2.75, 3.05) is 7.05 Å². The monoisotopic (exact) mass is 399 g/mol. The molecule has 6 heteroatoms. The van der Waals surface area contributed by atoms with E-state index >= 15 is 0 Å². The Labute approximate surface area is 152 Å². The van der Waals surface area contributed by atoms with Crippen LogP contribution in [0.15, 0.2) is 22.7 Å². The predicted octanol–water partition coefficient (Wildman–Crippen LogP) is 4.36. The van der Waals surface area contributed by atoms with E-state index in [1.807, 2.05) is 39.0 Å². The fourth-order valence-corrected chi connectivity index (χ4v) is 2.93. The first-order valence-corrected chi connectivity index (χ1v) is 8.52. The molecule has 0 fully saturated rings. The normalized spacial score (nSPS) is 13.3. The molecule has 0 radical (unpaired) electrons. The van der Waals surface area contributed by atoms with Crippen LogP contribution in [0.5, 0.6) is 0 Å². The Kier molecular flexibility index (Phi) is 6.09. The summed E-state index contributed by atoms with van der Waals surface area (Å²) >= 11 is 3.48. The van der Waals surface area contributed by atoms with E-state index in [0.29, 0.717) is 0 Å². The van der Waals surface area contributed by atoms with Crippen molar-refractivity contribution in [3.05, 3.63) is 33.8 Å². The second-order valence-corrected chi connectivity index (χ2v) is 8.37. The smallest absolute Gasteiger partial charge is 0.410 e. The van der Waals surface area contributed by atoms with Crippen molar-refractivity contribution in [2.45, 2.75) is 58.6 Å². The number of amides is 1. The minimum absolute atomic E-state index is 0.658. The summed E-state index contributed by atoms with van der Waals surface area (Å²) in [4.78, 5) is 25.4. The Bertz CT molecular complexity index is 634. The molecule has 134 valence electrons. The molecule has 0 saturated heterocycles. The summed E-state index contributed by atoms with van der Waals surface area (Å²) in [5, 5.41) is 9.75. The van der Waals surface area contributed by atoms with Gasteiger partial charge in [-0.15, -0.1) is 0 Å². The molecule has 1 aromatic carbocycles. The molecule has 1 aromatic rings. The first-order chi connectivity index (χ1) is 10.8. The topological polar surface area (TPSA) is 66.8 Å². The Hall–Kier alpha value is -1.56. The van der Waals surface area contributed by atoms with Crippen LogP contribution >= 0.6 is 15.9 Å². The highest BCUT2D eigenvalue weighted by atomic mass is 79.9. The van der Waals surface area contributed by atoms with Gasteiger partial charge in [0.25, 0.3) is 0 Å². The fourth-order valence-electron chi connectivity index (χ4n) is 2.55. The molecular weight excluding hydrogens is 374 g/mol. The largest absolute Gasteiger partial charge is 0.480 e. The number of hydrogen-bond acceptors (Lipinski definition) is 3. The zero-order valence-electron chi connectivity index (χ0n) is 15.3. The Balaban J connectivity index is 3.24. The van der Waals surface area contributed by atoms with Crippen molar-refractivity contribution in [1.29, 1.82) is 0 Å². The second-order valence-electron chi connectivity index (χ2n) is 7.52. The van der Waals surface area contributed by atoms with Crippen LogP contribution in [0.2, 0.25) is 0 Å². The Morgan fingerprint density at radius 3 is 2.17 bits per heavy atom. The highest BCUT2D eigenvalue weighted by Gasteiger charge is 2.43. The summed E-state index contributed by atoms with van der Waals surface area (Å²) in [6.45, 7) is 10.8. The first kappa shape index (κ1) is 20.5. The lowest BCUT2D eigenvalue weighted by molar-refractivity contribution is -0.145. The van der Waals surface area contributed by atoms with Gasteiger partial charge < -0.3 is 9.84 Å². The molecule has 0 heterocycles. The van der Waals surface area contributed by atoms with Crippen molar-refractivity contribution in [2.24, 2.45) is 0 Å². The number of aryl methyl sites for hydroxylation is 1. The molecule has 1 rings (SSSR count). The maximum absolute atomic E-state index is 12.3. The molecule has 0 bridgehead atoms. The second kappa shape index (κ2) is 7.13. The molecule has 0 aliphatic carbocycles. The molecule has 5 nitrogen and oxygen atoms in total. The molecule has 1 unspecified atom stereocenters. The predicted molar refractivity (Wildman–Crippen MR) is 97.3 cm³/mol. The third-order valence-electron chi connectivity index (χ3n) is 3.90. The lowest BCUT2D eigenvalue weighted by Crippen LogP contribution is -2.54. The van der Waals surface area contributed by atoms with Gasteiger partial charge in [-0.2, -0.15) is 0 Å². The van der Waals surface area contributed by atoms with E-state index in [1.54, 1.807) is 20.8 Å². The van der Waals surface area contributed by atoms with Gasteiger partial charge in [-0.1, -0.05) is 41.9 Å². The van der Waals surface area contributed by atoms with E-state index in [2.05, 4.69) is 15.9 Å². The number of halogens is 1. The van der Waals surface area contributed by atoms with Gasteiger partial charge in [0.05, 0.1) is 0 Å². The van der Waals surface area contributed by atoms with Crippen molar-refractivity contribution in [1.82, 2.24) is 4.90 Å². The van der Waals surface area contributed by atoms with Gasteiger partial charge in [0.1, 0.15) is 11.6 Å². The van der Waals surface area contributed by atoms with E-state index in [4.69, 9.17) is 4.74 Å². The highest BCUT2D eigenvalue weighted by Crippen LogP contribution is 2.33. The molecular formula is C18H26BrNO4. The van der Waals surface area contributed by atoms with E-state index in [9.17, 15) is 14.7 Å². The van der Waals surface area contributed by atoms with E-state index in [0.717, 1.165) is 20.5 Å². The highest BCUT2D eigenvalue weighted by molar-refractivity contribution is 9.10. The number of nitrogens with zero attached hydrogens (tertiary/aromatic N) is 1. The van der Waals surface area contributed by atoms with E-state index < -0.39 is 29.1 Å². The van der Waals surface area contributed by atoms with Crippen LogP contribution in [0.1, 0.15) is 45.7 Å². The van der Waals surface area contributed by atoms with Crippen molar-refractivity contribution in [3.8, 4) is 0 Å². The lowest BCUT2D eigenvalue weighted by Gasteiger charge is -2.38. The zero-order valence-corrected chi connectivity index (χ0v) is 16.9. The summed E-state index contributed by atoms with van der Waals surface area (Å²) in [5.74, 6) is -1.08. The van der Waals surface area contributed by atoms with Crippen LogP contribution in [0.4, 0.5) is 4.79 Å². The molecule has 0 aromatic heterocycles. The molecule has 1 atom stereocenters. The number of aliphatic carboxylic acids is 1. The Morgan fingerprint density at radius 2 is 1.75 bits per heavy atom. The molecule has 0 saturated carbocycles. The van der Waals surface area contributed by atoms with Gasteiger partial charge in [0.2, 0.25) is 0 Å². The van der Waals surface area contributed by atoms with Gasteiger partial charge in [-0.25, -0.2) is 9.59 Å². The molecule has 0 spiro atoms. The SMILES string of the molecule is Cc1ccc(C(C)(C)C(C(=O)O)N(C)C(=O)OC(C)(C)C)cc1Br. The van der Waals surface area contributed by atoms with Crippen LogP contribution in [0.25, 0.3) is 0 Å². The molecule has 24 heavy (non-hydrogen) atoms. The maximum atomic E-state index is 12.3. The van der Waals surface area contributed by atoms with Gasteiger partial charge in [-0.05, 0) is 44.9 Å². The van der Waals surface area contributed by atoms with Gasteiger partial charge in [0.15, 0.2) is 0 Å². The van der Waals surface area contributed by atoms with Crippen LogP contribution in [0.3, 0.4) is 0 Å². The summed E-state index contributed by atoms with van der Waals surface area (Å²) in [5.41, 5.74) is 0.378. The van der Waals surface area contributed by atoms with Gasteiger partial charge in [-0.3, -0.25) is 4.90 Å². The number of hydrogen-bond donors (Lipinski definition) is 1. The minimum atomic E-state index is -1.08. The third kappa shape index (κ3) is 4.72.